The van der Waals surface area contributed by atoms with Gasteiger partial charge in [-0.05, 0) is 43.9 Å². The smallest absolute Gasteiger partial charge is 0.207 e. The van der Waals surface area contributed by atoms with Gasteiger partial charge in [0.2, 0.25) is 10.0 Å². The molecule has 1 aliphatic rings. The molecule has 1 aromatic carbocycles. The van der Waals surface area contributed by atoms with Crippen molar-refractivity contribution < 1.29 is 8.42 Å². The van der Waals surface area contributed by atoms with E-state index in [0.717, 1.165) is 12.8 Å². The van der Waals surface area contributed by atoms with E-state index in [0.29, 0.717) is 10.9 Å². The van der Waals surface area contributed by atoms with E-state index in [1.165, 1.54) is 16.4 Å². The van der Waals surface area contributed by atoms with Gasteiger partial charge in [-0.1, -0.05) is 23.2 Å². The Hall–Kier alpha value is -0.290. The van der Waals surface area contributed by atoms with Gasteiger partial charge in [0.25, 0.3) is 0 Å². The molecule has 1 aromatic rings. The first-order valence-electron chi connectivity index (χ1n) is 5.77. The molecule has 1 fully saturated rings. The molecular formula is C12H15Cl2NO2S. The molecule has 1 unspecified atom stereocenters. The van der Waals surface area contributed by atoms with Crippen molar-refractivity contribution in [3.63, 3.8) is 0 Å². The Morgan fingerprint density at radius 2 is 1.94 bits per heavy atom. The molecule has 6 heteroatoms. The maximum atomic E-state index is 12.5. The summed E-state index contributed by atoms with van der Waals surface area (Å²) in [6, 6.07) is 4.47. The first-order valence-corrected chi connectivity index (χ1v) is 7.96. The molecule has 2 rings (SSSR count). The second-order valence-corrected chi connectivity index (χ2v) is 7.48. The molecule has 0 saturated heterocycles. The lowest BCUT2D eigenvalue weighted by molar-refractivity contribution is 0.357. The van der Waals surface area contributed by atoms with E-state index in [1.54, 1.807) is 13.1 Å². The Morgan fingerprint density at radius 1 is 1.33 bits per heavy atom. The van der Waals surface area contributed by atoms with Crippen LogP contribution in [0.2, 0.25) is 10.0 Å². The van der Waals surface area contributed by atoms with Crippen LogP contribution in [0, 0.1) is 5.92 Å². The van der Waals surface area contributed by atoms with Crippen LogP contribution in [0.1, 0.15) is 19.8 Å². The maximum absolute atomic E-state index is 12.5. The van der Waals surface area contributed by atoms with Crippen LogP contribution in [-0.2, 0) is 10.0 Å². The van der Waals surface area contributed by atoms with Gasteiger partial charge in [-0.3, -0.25) is 0 Å². The minimum Gasteiger partial charge on any atom is -0.207 e. The minimum absolute atomic E-state index is 0.00921. The van der Waals surface area contributed by atoms with Crippen molar-refractivity contribution in [2.75, 3.05) is 7.05 Å². The van der Waals surface area contributed by atoms with Crippen molar-refractivity contribution in [3.8, 4) is 0 Å². The summed E-state index contributed by atoms with van der Waals surface area (Å²) in [6.07, 6.45) is 2.18. The summed E-state index contributed by atoms with van der Waals surface area (Å²) in [5.41, 5.74) is 0. The van der Waals surface area contributed by atoms with Crippen LogP contribution in [-0.4, -0.2) is 25.8 Å². The Morgan fingerprint density at radius 3 is 2.50 bits per heavy atom. The lowest BCUT2D eigenvalue weighted by Gasteiger charge is -2.24. The van der Waals surface area contributed by atoms with Crippen molar-refractivity contribution in [2.24, 2.45) is 5.92 Å². The number of halogens is 2. The monoisotopic (exact) mass is 307 g/mol. The fourth-order valence-electron chi connectivity index (χ4n) is 1.92. The van der Waals surface area contributed by atoms with E-state index in [1.807, 2.05) is 6.92 Å². The number of hydrogen-bond donors (Lipinski definition) is 0. The highest BCUT2D eigenvalue weighted by atomic mass is 35.5. The summed E-state index contributed by atoms with van der Waals surface area (Å²) in [6.45, 7) is 1.92. The standard InChI is InChI=1S/C12H15Cl2NO2S/c1-8(9-3-4-9)15(2)18(16,17)12-7-10(13)5-6-11(12)14/h5-9H,3-4H2,1-2H3. The van der Waals surface area contributed by atoms with Gasteiger partial charge in [-0.15, -0.1) is 0 Å². The predicted octanol–water partition coefficient (Wildman–Crippen LogP) is 3.41. The van der Waals surface area contributed by atoms with Crippen LogP contribution in [0.3, 0.4) is 0 Å². The zero-order valence-electron chi connectivity index (χ0n) is 10.2. The lowest BCUT2D eigenvalue weighted by atomic mass is 10.2. The van der Waals surface area contributed by atoms with Gasteiger partial charge >= 0.3 is 0 Å². The average molecular weight is 308 g/mol. The highest BCUT2D eigenvalue weighted by Gasteiger charge is 2.36. The van der Waals surface area contributed by atoms with Crippen molar-refractivity contribution in [1.29, 1.82) is 0 Å². The van der Waals surface area contributed by atoms with Crippen LogP contribution in [0.4, 0.5) is 0 Å². The minimum atomic E-state index is -3.58. The van der Waals surface area contributed by atoms with Crippen molar-refractivity contribution in [1.82, 2.24) is 4.31 Å². The van der Waals surface area contributed by atoms with Crippen LogP contribution < -0.4 is 0 Å². The average Bonchev–Trinajstić information content (AvgIpc) is 3.14. The zero-order valence-corrected chi connectivity index (χ0v) is 12.6. The maximum Gasteiger partial charge on any atom is 0.244 e. The van der Waals surface area contributed by atoms with Gasteiger partial charge in [-0.2, -0.15) is 4.31 Å². The largest absolute Gasteiger partial charge is 0.244 e. The molecular weight excluding hydrogens is 293 g/mol. The third kappa shape index (κ3) is 2.67. The molecule has 0 N–H and O–H groups in total. The fourth-order valence-corrected chi connectivity index (χ4v) is 4.08. The van der Waals surface area contributed by atoms with Gasteiger partial charge in [0.1, 0.15) is 4.90 Å². The van der Waals surface area contributed by atoms with Crippen LogP contribution in [0.25, 0.3) is 0 Å². The SMILES string of the molecule is CC(C1CC1)N(C)S(=O)(=O)c1cc(Cl)ccc1Cl. The third-order valence-corrected chi connectivity index (χ3v) is 6.09. The lowest BCUT2D eigenvalue weighted by Crippen LogP contribution is -2.36. The molecule has 0 heterocycles. The van der Waals surface area contributed by atoms with Crippen molar-refractivity contribution >= 4 is 33.2 Å². The number of rotatable bonds is 4. The summed E-state index contributed by atoms with van der Waals surface area (Å²) in [5, 5.41) is 0.569. The third-order valence-electron chi connectivity index (χ3n) is 3.43. The molecule has 0 radical (unpaired) electrons. The van der Waals surface area contributed by atoms with Crippen molar-refractivity contribution in [3.05, 3.63) is 28.2 Å². The first-order chi connectivity index (χ1) is 8.34. The Kier molecular flexibility index (Phi) is 3.93. The molecule has 1 aliphatic carbocycles. The fraction of sp³-hybridized carbons (Fsp3) is 0.500. The molecule has 0 amide bonds. The Balaban J connectivity index is 2.37. The first kappa shape index (κ1) is 14.1. The molecule has 0 aliphatic heterocycles. The molecule has 3 nitrogen and oxygen atoms in total. The normalized spacial score (nSPS) is 18.1. The van der Waals surface area contributed by atoms with Gasteiger partial charge in [0.05, 0.1) is 5.02 Å². The van der Waals surface area contributed by atoms with E-state index in [-0.39, 0.29) is 16.0 Å². The predicted molar refractivity (Wildman–Crippen MR) is 73.6 cm³/mol. The second kappa shape index (κ2) is 5.00. The Labute approximate surface area is 118 Å². The number of nitrogens with zero attached hydrogens (tertiary/aromatic N) is 1. The highest BCUT2D eigenvalue weighted by molar-refractivity contribution is 7.89. The number of hydrogen-bond acceptors (Lipinski definition) is 2. The quantitative estimate of drug-likeness (QED) is 0.855. The molecule has 1 atom stereocenters. The van der Waals surface area contributed by atoms with E-state index >= 15 is 0 Å². The van der Waals surface area contributed by atoms with E-state index in [4.69, 9.17) is 23.2 Å². The summed E-state index contributed by atoms with van der Waals surface area (Å²) < 4.78 is 26.3. The molecule has 100 valence electrons. The summed E-state index contributed by atoms with van der Waals surface area (Å²) in [5.74, 6) is 0.461. The summed E-state index contributed by atoms with van der Waals surface area (Å²) in [4.78, 5) is 0.0756. The van der Waals surface area contributed by atoms with Crippen LogP contribution in [0.5, 0.6) is 0 Å². The van der Waals surface area contributed by atoms with Crippen molar-refractivity contribution in [2.45, 2.75) is 30.7 Å². The topological polar surface area (TPSA) is 37.4 Å². The van der Waals surface area contributed by atoms with E-state index in [9.17, 15) is 8.42 Å². The number of sulfonamides is 1. The number of benzene rings is 1. The highest BCUT2D eigenvalue weighted by Crippen LogP contribution is 2.37. The van der Waals surface area contributed by atoms with Gasteiger partial charge in [0, 0.05) is 18.1 Å². The summed E-state index contributed by atoms with van der Waals surface area (Å²) >= 11 is 11.8. The second-order valence-electron chi connectivity index (χ2n) is 4.67. The molecule has 18 heavy (non-hydrogen) atoms. The van der Waals surface area contributed by atoms with Gasteiger partial charge in [-0.25, -0.2) is 8.42 Å². The van der Waals surface area contributed by atoms with Gasteiger partial charge in [0.15, 0.2) is 0 Å². The van der Waals surface area contributed by atoms with Crippen LogP contribution in [0.15, 0.2) is 23.1 Å². The zero-order chi connectivity index (χ0) is 13.5. The van der Waals surface area contributed by atoms with Gasteiger partial charge < -0.3 is 0 Å². The van der Waals surface area contributed by atoms with E-state index < -0.39 is 10.0 Å². The van der Waals surface area contributed by atoms with Crippen LogP contribution >= 0.6 is 23.2 Å². The molecule has 0 spiro atoms. The summed E-state index contributed by atoms with van der Waals surface area (Å²) in [7, 11) is -1.99. The molecule has 0 aromatic heterocycles. The molecule has 0 bridgehead atoms. The Bertz CT molecular complexity index is 555. The molecule has 1 saturated carbocycles. The van der Waals surface area contributed by atoms with E-state index in [2.05, 4.69) is 0 Å².